The first-order chi connectivity index (χ1) is 6.68. The highest BCUT2D eigenvalue weighted by atomic mass is 16.6. The van der Waals surface area contributed by atoms with Gasteiger partial charge >= 0.3 is 6.09 Å². The zero-order valence-electron chi connectivity index (χ0n) is 7.51. The minimum absolute atomic E-state index is 0.221. The molecule has 74 valence electrons. The molecule has 0 aromatic heterocycles. The van der Waals surface area contributed by atoms with Gasteiger partial charge in [-0.25, -0.2) is 9.79 Å². The summed E-state index contributed by atoms with van der Waals surface area (Å²) in [5.74, 6) is 0. The number of hydrogen-bond donors (Lipinski definition) is 2. The SMILES string of the molecule is NC(=O)OC(N)=NCc1ccccc1. The number of amides is 1. The number of nitrogens with zero attached hydrogens (tertiary/aromatic N) is 1. The van der Waals surface area contributed by atoms with Crippen LogP contribution in [0.3, 0.4) is 0 Å². The number of carbonyl (C=O) groups is 1. The molecule has 4 N–H and O–H groups in total. The van der Waals surface area contributed by atoms with Crippen LogP contribution in [0.15, 0.2) is 35.3 Å². The summed E-state index contributed by atoms with van der Waals surface area (Å²) in [7, 11) is 0. The fraction of sp³-hybridized carbons (Fsp3) is 0.111. The molecule has 0 radical (unpaired) electrons. The van der Waals surface area contributed by atoms with Crippen LogP contribution in [0.25, 0.3) is 0 Å². The van der Waals surface area contributed by atoms with E-state index in [1.165, 1.54) is 0 Å². The van der Waals surface area contributed by atoms with E-state index >= 15 is 0 Å². The minimum atomic E-state index is -0.959. The molecule has 1 rings (SSSR count). The molecule has 0 saturated heterocycles. The van der Waals surface area contributed by atoms with Crippen LogP contribution < -0.4 is 11.5 Å². The van der Waals surface area contributed by atoms with Gasteiger partial charge < -0.3 is 16.2 Å². The van der Waals surface area contributed by atoms with E-state index in [0.717, 1.165) is 5.56 Å². The number of ether oxygens (including phenoxy) is 1. The number of aliphatic imine (C=N–C) groups is 1. The summed E-state index contributed by atoms with van der Waals surface area (Å²) in [6.07, 6.45) is -0.959. The lowest BCUT2D eigenvalue weighted by atomic mass is 10.2. The molecule has 0 bridgehead atoms. The van der Waals surface area contributed by atoms with Crippen LogP contribution >= 0.6 is 0 Å². The predicted octanol–water partition coefficient (Wildman–Crippen LogP) is 0.597. The van der Waals surface area contributed by atoms with Crippen molar-refractivity contribution in [1.29, 1.82) is 0 Å². The minimum Gasteiger partial charge on any atom is -0.376 e. The molecule has 0 unspecified atom stereocenters. The van der Waals surface area contributed by atoms with E-state index in [1.54, 1.807) is 0 Å². The Morgan fingerprint density at radius 3 is 2.50 bits per heavy atom. The number of carbonyl (C=O) groups excluding carboxylic acids is 1. The number of hydrogen-bond acceptors (Lipinski definition) is 3. The second kappa shape index (κ2) is 4.86. The first-order valence-corrected chi connectivity index (χ1v) is 3.99. The average molecular weight is 193 g/mol. The van der Waals surface area contributed by atoms with Gasteiger partial charge in [0, 0.05) is 0 Å². The van der Waals surface area contributed by atoms with E-state index in [9.17, 15) is 4.79 Å². The van der Waals surface area contributed by atoms with E-state index in [4.69, 9.17) is 11.5 Å². The first kappa shape index (κ1) is 10.0. The molecule has 1 aromatic carbocycles. The standard InChI is InChI=1S/C9H11N3O2/c10-8(14-9(11)13)12-6-7-4-2-1-3-5-7/h1-5H,6H2,(H2,10,12)(H2,11,13). The quantitative estimate of drug-likeness (QED) is 0.532. The van der Waals surface area contributed by atoms with Crippen LogP contribution in [0.2, 0.25) is 0 Å². The Hall–Kier alpha value is -2.04. The maximum Gasteiger partial charge on any atom is 0.412 e. The van der Waals surface area contributed by atoms with Crippen molar-refractivity contribution in [2.45, 2.75) is 6.54 Å². The van der Waals surface area contributed by atoms with E-state index in [2.05, 4.69) is 9.73 Å². The third-order valence-corrected chi connectivity index (χ3v) is 1.47. The summed E-state index contributed by atoms with van der Waals surface area (Å²) in [6.45, 7) is 0.361. The highest BCUT2D eigenvalue weighted by Crippen LogP contribution is 1.99. The van der Waals surface area contributed by atoms with Crippen LogP contribution in [0.4, 0.5) is 4.79 Å². The summed E-state index contributed by atoms with van der Waals surface area (Å²) in [5.41, 5.74) is 11.0. The van der Waals surface area contributed by atoms with Gasteiger partial charge in [0.15, 0.2) is 0 Å². The lowest BCUT2D eigenvalue weighted by Crippen LogP contribution is -2.24. The van der Waals surface area contributed by atoms with Gasteiger partial charge in [-0.15, -0.1) is 0 Å². The summed E-state index contributed by atoms with van der Waals surface area (Å²) in [4.78, 5) is 14.1. The highest BCUT2D eigenvalue weighted by molar-refractivity contribution is 5.84. The zero-order valence-corrected chi connectivity index (χ0v) is 7.51. The van der Waals surface area contributed by atoms with Crippen LogP contribution in [0, 0.1) is 0 Å². The molecule has 0 spiro atoms. The Bertz CT molecular complexity index is 335. The van der Waals surface area contributed by atoms with E-state index in [-0.39, 0.29) is 6.02 Å². The Morgan fingerprint density at radius 2 is 1.93 bits per heavy atom. The molecule has 1 amide bonds. The maximum atomic E-state index is 10.3. The number of rotatable bonds is 2. The number of benzene rings is 1. The number of primary amides is 1. The van der Waals surface area contributed by atoms with Gasteiger partial charge in [0.2, 0.25) is 0 Å². The van der Waals surface area contributed by atoms with Gasteiger partial charge in [0.25, 0.3) is 6.02 Å². The Balaban J connectivity index is 2.51. The molecule has 5 heteroatoms. The van der Waals surface area contributed by atoms with Gasteiger partial charge in [-0.1, -0.05) is 30.3 Å². The summed E-state index contributed by atoms with van der Waals surface area (Å²) >= 11 is 0. The normalized spacial score (nSPS) is 11.0. The van der Waals surface area contributed by atoms with Gasteiger partial charge in [-0.3, -0.25) is 0 Å². The molecule has 0 aliphatic rings. The molecular weight excluding hydrogens is 182 g/mol. The van der Waals surface area contributed by atoms with Gasteiger partial charge in [0.1, 0.15) is 0 Å². The molecule has 0 heterocycles. The number of amidine groups is 1. The zero-order chi connectivity index (χ0) is 10.4. The monoisotopic (exact) mass is 193 g/mol. The number of nitrogens with two attached hydrogens (primary N) is 2. The van der Waals surface area contributed by atoms with Crippen molar-refractivity contribution in [3.8, 4) is 0 Å². The van der Waals surface area contributed by atoms with Gasteiger partial charge in [-0.05, 0) is 5.56 Å². The third kappa shape index (κ3) is 3.57. The molecular formula is C9H11N3O2. The third-order valence-electron chi connectivity index (χ3n) is 1.47. The van der Waals surface area contributed by atoms with Crippen LogP contribution in [-0.4, -0.2) is 12.1 Å². The first-order valence-electron chi connectivity index (χ1n) is 3.99. The van der Waals surface area contributed by atoms with Gasteiger partial charge in [-0.2, -0.15) is 0 Å². The molecule has 0 fully saturated rings. The molecule has 0 aliphatic heterocycles. The van der Waals surface area contributed by atoms with Crippen molar-refractivity contribution in [1.82, 2.24) is 0 Å². The molecule has 0 atom stereocenters. The lowest BCUT2D eigenvalue weighted by molar-refractivity contribution is 0.207. The summed E-state index contributed by atoms with van der Waals surface area (Å²) < 4.78 is 4.34. The van der Waals surface area contributed by atoms with E-state index in [0.29, 0.717) is 6.54 Å². The van der Waals surface area contributed by atoms with E-state index < -0.39 is 6.09 Å². The van der Waals surface area contributed by atoms with Crippen molar-refractivity contribution in [3.63, 3.8) is 0 Å². The maximum absolute atomic E-state index is 10.3. The van der Waals surface area contributed by atoms with Crippen molar-refractivity contribution in [2.75, 3.05) is 0 Å². The van der Waals surface area contributed by atoms with E-state index in [1.807, 2.05) is 30.3 Å². The van der Waals surface area contributed by atoms with Crippen LogP contribution in [0.5, 0.6) is 0 Å². The van der Waals surface area contributed by atoms with Gasteiger partial charge in [0.05, 0.1) is 6.54 Å². The van der Waals surface area contributed by atoms with Crippen molar-refractivity contribution in [2.24, 2.45) is 16.5 Å². The molecule has 0 saturated carbocycles. The smallest absolute Gasteiger partial charge is 0.376 e. The summed E-state index contributed by atoms with van der Waals surface area (Å²) in [6, 6.07) is 9.23. The van der Waals surface area contributed by atoms with Crippen molar-refractivity contribution in [3.05, 3.63) is 35.9 Å². The highest BCUT2D eigenvalue weighted by Gasteiger charge is 1.97. The van der Waals surface area contributed by atoms with Crippen molar-refractivity contribution < 1.29 is 9.53 Å². The second-order valence-corrected chi connectivity index (χ2v) is 2.56. The fourth-order valence-corrected chi connectivity index (χ4v) is 0.888. The second-order valence-electron chi connectivity index (χ2n) is 2.56. The lowest BCUT2D eigenvalue weighted by Gasteiger charge is -1.99. The van der Waals surface area contributed by atoms with Crippen LogP contribution in [-0.2, 0) is 11.3 Å². The topological polar surface area (TPSA) is 90.7 Å². The Kier molecular flexibility index (Phi) is 3.49. The molecule has 0 aliphatic carbocycles. The predicted molar refractivity (Wildman–Crippen MR) is 52.4 cm³/mol. The van der Waals surface area contributed by atoms with Crippen LogP contribution in [0.1, 0.15) is 5.56 Å². The molecule has 1 aromatic rings. The average Bonchev–Trinajstić information content (AvgIpc) is 2.15. The van der Waals surface area contributed by atoms with Crippen molar-refractivity contribution >= 4 is 12.1 Å². The molecule has 14 heavy (non-hydrogen) atoms. The Labute approximate surface area is 81.4 Å². The largest absolute Gasteiger partial charge is 0.412 e. The molecule has 5 nitrogen and oxygen atoms in total. The summed E-state index contributed by atoms with van der Waals surface area (Å²) in [5, 5.41) is 0. The Morgan fingerprint density at radius 1 is 1.29 bits per heavy atom. The fourth-order valence-electron chi connectivity index (χ4n) is 0.888.